The predicted molar refractivity (Wildman–Crippen MR) is 60.0 cm³/mol. The standard InChI is InChI=1S/C11H24N2/c1-6-7-12-8-11(4)13(5)9-10(2)3/h6,10-12H,1,7-9H2,2-5H3. The molecule has 0 rings (SSSR count). The van der Waals surface area contributed by atoms with Crippen LogP contribution in [0.15, 0.2) is 12.7 Å². The van der Waals surface area contributed by atoms with E-state index in [4.69, 9.17) is 0 Å². The fourth-order valence-electron chi connectivity index (χ4n) is 1.31. The minimum atomic E-state index is 0.599. The van der Waals surface area contributed by atoms with Crippen molar-refractivity contribution in [2.75, 3.05) is 26.7 Å². The molecule has 0 amide bonds. The van der Waals surface area contributed by atoms with Gasteiger partial charge in [0.05, 0.1) is 0 Å². The quantitative estimate of drug-likeness (QED) is 0.479. The van der Waals surface area contributed by atoms with Crippen molar-refractivity contribution in [1.82, 2.24) is 10.2 Å². The van der Waals surface area contributed by atoms with Crippen LogP contribution in [0.2, 0.25) is 0 Å². The first-order valence-electron chi connectivity index (χ1n) is 5.09. The molecular weight excluding hydrogens is 160 g/mol. The summed E-state index contributed by atoms with van der Waals surface area (Å²) in [5, 5.41) is 3.33. The van der Waals surface area contributed by atoms with Gasteiger partial charge in [-0.2, -0.15) is 0 Å². The molecule has 0 fully saturated rings. The van der Waals surface area contributed by atoms with Crippen LogP contribution in [0.5, 0.6) is 0 Å². The fraction of sp³-hybridized carbons (Fsp3) is 0.818. The Kier molecular flexibility index (Phi) is 6.92. The van der Waals surface area contributed by atoms with Crippen molar-refractivity contribution in [2.24, 2.45) is 5.92 Å². The zero-order chi connectivity index (χ0) is 10.3. The highest BCUT2D eigenvalue weighted by molar-refractivity contribution is 4.73. The highest BCUT2D eigenvalue weighted by Gasteiger charge is 2.08. The molecule has 0 bridgehead atoms. The molecule has 2 nitrogen and oxygen atoms in total. The van der Waals surface area contributed by atoms with Crippen molar-refractivity contribution in [3.8, 4) is 0 Å². The van der Waals surface area contributed by atoms with Gasteiger partial charge in [-0.3, -0.25) is 0 Å². The summed E-state index contributed by atoms with van der Waals surface area (Å²) in [5.74, 6) is 0.742. The van der Waals surface area contributed by atoms with Gasteiger partial charge in [0.1, 0.15) is 0 Å². The molecule has 1 N–H and O–H groups in total. The molecule has 0 saturated carbocycles. The minimum absolute atomic E-state index is 0.599. The van der Waals surface area contributed by atoms with Crippen LogP contribution < -0.4 is 5.32 Å². The Labute approximate surface area is 83.0 Å². The summed E-state index contributed by atoms with van der Waals surface area (Å²) >= 11 is 0. The molecule has 13 heavy (non-hydrogen) atoms. The number of nitrogens with zero attached hydrogens (tertiary/aromatic N) is 1. The van der Waals surface area contributed by atoms with E-state index in [1.54, 1.807) is 0 Å². The van der Waals surface area contributed by atoms with Crippen LogP contribution in [0.1, 0.15) is 20.8 Å². The van der Waals surface area contributed by atoms with E-state index < -0.39 is 0 Å². The van der Waals surface area contributed by atoms with Crippen LogP contribution in [0.3, 0.4) is 0 Å². The average molecular weight is 184 g/mol. The maximum atomic E-state index is 3.67. The topological polar surface area (TPSA) is 15.3 Å². The molecule has 0 spiro atoms. The molecule has 0 aromatic rings. The van der Waals surface area contributed by atoms with Gasteiger partial charge in [-0.1, -0.05) is 19.9 Å². The smallest absolute Gasteiger partial charge is 0.0189 e. The van der Waals surface area contributed by atoms with Gasteiger partial charge in [0.15, 0.2) is 0 Å². The Bertz CT molecular complexity index is 132. The zero-order valence-electron chi connectivity index (χ0n) is 9.51. The third kappa shape index (κ3) is 6.79. The summed E-state index contributed by atoms with van der Waals surface area (Å²) in [6.45, 7) is 13.5. The molecule has 0 aliphatic carbocycles. The molecule has 1 atom stereocenters. The maximum Gasteiger partial charge on any atom is 0.0189 e. The van der Waals surface area contributed by atoms with Crippen molar-refractivity contribution in [3.63, 3.8) is 0 Å². The maximum absolute atomic E-state index is 3.67. The van der Waals surface area contributed by atoms with Gasteiger partial charge in [-0.25, -0.2) is 0 Å². The number of likely N-dealkylation sites (N-methyl/N-ethyl adjacent to an activating group) is 1. The molecular formula is C11H24N2. The molecule has 0 aliphatic heterocycles. The van der Waals surface area contributed by atoms with E-state index in [1.165, 1.54) is 0 Å². The number of nitrogens with one attached hydrogen (secondary N) is 1. The predicted octanol–water partition coefficient (Wildman–Crippen LogP) is 1.74. The first-order valence-corrected chi connectivity index (χ1v) is 5.09. The average Bonchev–Trinajstić information content (AvgIpc) is 2.03. The van der Waals surface area contributed by atoms with Gasteiger partial charge < -0.3 is 10.2 Å². The second kappa shape index (κ2) is 7.10. The molecule has 0 aromatic heterocycles. The number of rotatable bonds is 7. The lowest BCUT2D eigenvalue weighted by molar-refractivity contribution is 0.227. The lowest BCUT2D eigenvalue weighted by Crippen LogP contribution is -2.39. The van der Waals surface area contributed by atoms with Crippen LogP contribution in [0.25, 0.3) is 0 Å². The fourth-order valence-corrected chi connectivity index (χ4v) is 1.31. The second-order valence-electron chi connectivity index (χ2n) is 4.13. The van der Waals surface area contributed by atoms with E-state index in [0.717, 1.165) is 25.6 Å². The van der Waals surface area contributed by atoms with Gasteiger partial charge in [0, 0.05) is 25.7 Å². The van der Waals surface area contributed by atoms with Crippen LogP contribution in [0, 0.1) is 5.92 Å². The lowest BCUT2D eigenvalue weighted by atomic mass is 10.2. The van der Waals surface area contributed by atoms with Crippen molar-refractivity contribution in [1.29, 1.82) is 0 Å². The molecule has 0 heterocycles. The van der Waals surface area contributed by atoms with Gasteiger partial charge in [-0.15, -0.1) is 6.58 Å². The Morgan fingerprint density at radius 2 is 2.00 bits per heavy atom. The van der Waals surface area contributed by atoms with Gasteiger partial charge >= 0.3 is 0 Å². The van der Waals surface area contributed by atoms with Gasteiger partial charge in [-0.05, 0) is 19.9 Å². The first-order chi connectivity index (χ1) is 6.07. The van der Waals surface area contributed by atoms with Crippen LogP contribution in [0.4, 0.5) is 0 Å². The zero-order valence-corrected chi connectivity index (χ0v) is 9.51. The van der Waals surface area contributed by atoms with E-state index in [1.807, 2.05) is 6.08 Å². The number of hydrogen-bond donors (Lipinski definition) is 1. The number of hydrogen-bond acceptors (Lipinski definition) is 2. The normalized spacial score (nSPS) is 13.7. The summed E-state index contributed by atoms with van der Waals surface area (Å²) in [6, 6.07) is 0.599. The Morgan fingerprint density at radius 1 is 1.38 bits per heavy atom. The van der Waals surface area contributed by atoms with Crippen molar-refractivity contribution >= 4 is 0 Å². The molecule has 0 radical (unpaired) electrons. The van der Waals surface area contributed by atoms with Crippen LogP contribution >= 0.6 is 0 Å². The van der Waals surface area contributed by atoms with Crippen molar-refractivity contribution < 1.29 is 0 Å². The Morgan fingerprint density at radius 3 is 2.46 bits per heavy atom. The van der Waals surface area contributed by atoms with E-state index in [2.05, 4.69) is 44.6 Å². The summed E-state index contributed by atoms with van der Waals surface area (Å²) in [6.07, 6.45) is 1.90. The SMILES string of the molecule is C=CCNCC(C)N(C)CC(C)C. The lowest BCUT2D eigenvalue weighted by Gasteiger charge is -2.26. The van der Waals surface area contributed by atoms with E-state index in [-0.39, 0.29) is 0 Å². The monoisotopic (exact) mass is 184 g/mol. The van der Waals surface area contributed by atoms with Crippen molar-refractivity contribution in [3.05, 3.63) is 12.7 Å². The minimum Gasteiger partial charge on any atom is -0.312 e. The molecule has 1 unspecified atom stereocenters. The molecule has 2 heteroatoms. The van der Waals surface area contributed by atoms with Gasteiger partial charge in [0.25, 0.3) is 0 Å². The third-order valence-corrected chi connectivity index (χ3v) is 2.13. The van der Waals surface area contributed by atoms with Crippen LogP contribution in [-0.2, 0) is 0 Å². The van der Waals surface area contributed by atoms with E-state index in [9.17, 15) is 0 Å². The Balaban J connectivity index is 3.55. The summed E-state index contributed by atoms with van der Waals surface area (Å²) in [5.41, 5.74) is 0. The first kappa shape index (κ1) is 12.7. The highest BCUT2D eigenvalue weighted by atomic mass is 15.1. The van der Waals surface area contributed by atoms with E-state index >= 15 is 0 Å². The molecule has 0 aliphatic rings. The van der Waals surface area contributed by atoms with Crippen molar-refractivity contribution in [2.45, 2.75) is 26.8 Å². The van der Waals surface area contributed by atoms with Gasteiger partial charge in [0.2, 0.25) is 0 Å². The molecule has 78 valence electrons. The largest absolute Gasteiger partial charge is 0.312 e. The highest BCUT2D eigenvalue weighted by Crippen LogP contribution is 2.00. The summed E-state index contributed by atoms with van der Waals surface area (Å²) < 4.78 is 0. The van der Waals surface area contributed by atoms with E-state index in [0.29, 0.717) is 6.04 Å². The second-order valence-corrected chi connectivity index (χ2v) is 4.13. The third-order valence-electron chi connectivity index (χ3n) is 2.13. The summed E-state index contributed by atoms with van der Waals surface area (Å²) in [4.78, 5) is 2.39. The molecule has 0 aromatic carbocycles. The Hall–Kier alpha value is -0.340. The van der Waals surface area contributed by atoms with Crippen LogP contribution in [-0.4, -0.2) is 37.6 Å². The molecule has 0 saturated heterocycles. The summed E-state index contributed by atoms with van der Waals surface area (Å²) in [7, 11) is 2.18.